The Kier molecular flexibility index (Phi) is 4.09. The monoisotopic (exact) mass is 263 g/mol. The van der Waals surface area contributed by atoms with E-state index in [1.807, 2.05) is 33.4 Å². The Labute approximate surface area is 115 Å². The molecule has 1 aliphatic carbocycles. The summed E-state index contributed by atoms with van der Waals surface area (Å²) >= 11 is 0. The van der Waals surface area contributed by atoms with E-state index in [9.17, 15) is 4.79 Å². The Hall–Kier alpha value is -1.16. The number of rotatable bonds is 4. The van der Waals surface area contributed by atoms with E-state index in [0.717, 1.165) is 25.0 Å². The van der Waals surface area contributed by atoms with Gasteiger partial charge in [0.25, 0.3) is 0 Å². The van der Waals surface area contributed by atoms with Gasteiger partial charge in [-0.15, -0.1) is 0 Å². The summed E-state index contributed by atoms with van der Waals surface area (Å²) in [7, 11) is 5.96. The van der Waals surface area contributed by atoms with Gasteiger partial charge in [0.05, 0.1) is 17.7 Å². The molecule has 19 heavy (non-hydrogen) atoms. The first kappa shape index (κ1) is 14.3. The van der Waals surface area contributed by atoms with Crippen molar-refractivity contribution in [2.45, 2.75) is 44.6 Å². The van der Waals surface area contributed by atoms with Crippen LogP contribution in [0.2, 0.25) is 0 Å². The summed E-state index contributed by atoms with van der Waals surface area (Å²) in [4.78, 5) is 14.9. The summed E-state index contributed by atoms with van der Waals surface area (Å²) in [5.41, 5.74) is 0.599. The van der Waals surface area contributed by atoms with Crippen molar-refractivity contribution < 1.29 is 4.79 Å². The molecule has 1 aromatic rings. The van der Waals surface area contributed by atoms with E-state index in [-0.39, 0.29) is 5.54 Å². The maximum Gasteiger partial charge on any atom is 0.159 e. The highest BCUT2D eigenvalue weighted by molar-refractivity contribution is 5.90. The normalized spacial score (nSPS) is 27.7. The first-order chi connectivity index (χ1) is 8.94. The molecule has 0 amide bonds. The summed E-state index contributed by atoms with van der Waals surface area (Å²) in [6.45, 7) is 2.26. The van der Waals surface area contributed by atoms with Crippen LogP contribution in [0, 0.1) is 5.92 Å². The number of Topliss-reactive ketones (excluding diaryl/α,β-unsaturated/α-hetero) is 1. The van der Waals surface area contributed by atoms with Gasteiger partial charge < -0.3 is 0 Å². The van der Waals surface area contributed by atoms with Crippen LogP contribution in [0.1, 0.15) is 38.3 Å². The van der Waals surface area contributed by atoms with Crippen LogP contribution in [0.15, 0.2) is 12.3 Å². The SMILES string of the molecule is CC1CCCC(C(=O)Cc2ccn(C)n2)(N(C)C)C1. The minimum absolute atomic E-state index is 0.283. The molecular weight excluding hydrogens is 238 g/mol. The lowest BCUT2D eigenvalue weighted by Gasteiger charge is -2.43. The molecule has 4 nitrogen and oxygen atoms in total. The molecule has 1 heterocycles. The van der Waals surface area contributed by atoms with E-state index >= 15 is 0 Å². The number of carbonyl (C=O) groups excluding carboxylic acids is 1. The quantitative estimate of drug-likeness (QED) is 0.834. The van der Waals surface area contributed by atoms with Crippen molar-refractivity contribution in [2.24, 2.45) is 13.0 Å². The molecule has 1 aromatic heterocycles. The lowest BCUT2D eigenvalue weighted by molar-refractivity contribution is -0.132. The van der Waals surface area contributed by atoms with Crippen LogP contribution in [0.5, 0.6) is 0 Å². The Balaban J connectivity index is 2.16. The lowest BCUT2D eigenvalue weighted by Crippen LogP contribution is -2.54. The van der Waals surface area contributed by atoms with Crippen LogP contribution in [0.25, 0.3) is 0 Å². The van der Waals surface area contributed by atoms with E-state index < -0.39 is 0 Å². The first-order valence-corrected chi connectivity index (χ1v) is 7.13. The van der Waals surface area contributed by atoms with Crippen molar-refractivity contribution in [2.75, 3.05) is 14.1 Å². The zero-order chi connectivity index (χ0) is 14.0. The van der Waals surface area contributed by atoms with Gasteiger partial charge in [0.1, 0.15) is 0 Å². The second kappa shape index (κ2) is 5.45. The number of nitrogens with zero attached hydrogens (tertiary/aromatic N) is 3. The van der Waals surface area contributed by atoms with E-state index in [1.165, 1.54) is 6.42 Å². The summed E-state index contributed by atoms with van der Waals surface area (Å²) in [5, 5.41) is 4.33. The molecular formula is C15H25N3O. The zero-order valence-corrected chi connectivity index (χ0v) is 12.5. The molecule has 0 bridgehead atoms. The molecule has 2 atom stereocenters. The highest BCUT2D eigenvalue weighted by Gasteiger charge is 2.43. The highest BCUT2D eigenvalue weighted by Crippen LogP contribution is 2.37. The van der Waals surface area contributed by atoms with Crippen molar-refractivity contribution >= 4 is 5.78 Å². The first-order valence-electron chi connectivity index (χ1n) is 7.13. The maximum atomic E-state index is 12.8. The average Bonchev–Trinajstić information content (AvgIpc) is 2.74. The number of aryl methyl sites for hydroxylation is 1. The van der Waals surface area contributed by atoms with Crippen LogP contribution < -0.4 is 0 Å². The minimum Gasteiger partial charge on any atom is -0.297 e. The van der Waals surface area contributed by atoms with Gasteiger partial charge in [-0.2, -0.15) is 5.10 Å². The van der Waals surface area contributed by atoms with Crippen molar-refractivity contribution in [1.29, 1.82) is 0 Å². The predicted molar refractivity (Wildman–Crippen MR) is 76.0 cm³/mol. The molecule has 0 N–H and O–H groups in total. The summed E-state index contributed by atoms with van der Waals surface area (Å²) in [6.07, 6.45) is 6.70. The van der Waals surface area contributed by atoms with Gasteiger partial charge in [0, 0.05) is 13.2 Å². The largest absolute Gasteiger partial charge is 0.297 e. The summed E-state index contributed by atoms with van der Waals surface area (Å²) in [5.74, 6) is 0.951. The second-order valence-corrected chi connectivity index (χ2v) is 6.21. The zero-order valence-electron chi connectivity index (χ0n) is 12.5. The van der Waals surface area contributed by atoms with Crippen molar-refractivity contribution in [3.63, 3.8) is 0 Å². The van der Waals surface area contributed by atoms with Crippen LogP contribution in [-0.2, 0) is 18.3 Å². The van der Waals surface area contributed by atoms with E-state index in [4.69, 9.17) is 0 Å². The molecule has 0 aromatic carbocycles. The van der Waals surface area contributed by atoms with E-state index in [2.05, 4.69) is 16.9 Å². The van der Waals surface area contributed by atoms with Gasteiger partial charge in [-0.25, -0.2) is 0 Å². The van der Waals surface area contributed by atoms with E-state index in [1.54, 1.807) is 4.68 Å². The van der Waals surface area contributed by atoms with Crippen LogP contribution in [0.3, 0.4) is 0 Å². The number of aromatic nitrogens is 2. The van der Waals surface area contributed by atoms with Crippen LogP contribution in [0.4, 0.5) is 0 Å². The van der Waals surface area contributed by atoms with Crippen molar-refractivity contribution in [3.8, 4) is 0 Å². The third kappa shape index (κ3) is 2.89. The minimum atomic E-state index is -0.283. The molecule has 0 radical (unpaired) electrons. The fourth-order valence-corrected chi connectivity index (χ4v) is 3.32. The fraction of sp³-hybridized carbons (Fsp3) is 0.733. The van der Waals surface area contributed by atoms with Gasteiger partial charge in [-0.1, -0.05) is 19.8 Å². The number of carbonyl (C=O) groups is 1. The molecule has 4 heteroatoms. The molecule has 0 saturated heterocycles. The fourth-order valence-electron chi connectivity index (χ4n) is 3.32. The van der Waals surface area contributed by atoms with Crippen LogP contribution in [-0.4, -0.2) is 40.1 Å². The number of hydrogen-bond donors (Lipinski definition) is 0. The third-order valence-electron chi connectivity index (χ3n) is 4.46. The standard InChI is InChI=1S/C15H25N3O/c1-12-6-5-8-15(11-12,17(2)3)14(19)10-13-7-9-18(4)16-13/h7,9,12H,5-6,8,10-11H2,1-4H3. The molecule has 0 aliphatic heterocycles. The van der Waals surface area contributed by atoms with Crippen molar-refractivity contribution in [1.82, 2.24) is 14.7 Å². The number of hydrogen-bond acceptors (Lipinski definition) is 3. The van der Waals surface area contributed by atoms with Crippen LogP contribution >= 0.6 is 0 Å². The second-order valence-electron chi connectivity index (χ2n) is 6.21. The molecule has 1 fully saturated rings. The summed E-state index contributed by atoms with van der Waals surface area (Å²) in [6, 6.07) is 1.94. The topological polar surface area (TPSA) is 38.1 Å². The number of ketones is 1. The van der Waals surface area contributed by atoms with Gasteiger partial charge in [-0.3, -0.25) is 14.4 Å². The molecule has 106 valence electrons. The van der Waals surface area contributed by atoms with Gasteiger partial charge in [-0.05, 0) is 38.9 Å². The predicted octanol–water partition coefficient (Wildman–Crippen LogP) is 2.04. The molecule has 2 rings (SSSR count). The molecule has 1 saturated carbocycles. The third-order valence-corrected chi connectivity index (χ3v) is 4.46. The van der Waals surface area contributed by atoms with E-state index in [0.29, 0.717) is 18.1 Å². The van der Waals surface area contributed by atoms with Gasteiger partial charge in [0.15, 0.2) is 5.78 Å². The van der Waals surface area contributed by atoms with Crippen molar-refractivity contribution in [3.05, 3.63) is 18.0 Å². The van der Waals surface area contributed by atoms with Gasteiger partial charge in [0.2, 0.25) is 0 Å². The molecule has 0 spiro atoms. The maximum absolute atomic E-state index is 12.8. The Morgan fingerprint density at radius 3 is 2.84 bits per heavy atom. The molecule has 1 aliphatic rings. The Morgan fingerprint density at radius 2 is 2.32 bits per heavy atom. The number of likely N-dealkylation sites (N-methyl/N-ethyl adjacent to an activating group) is 1. The smallest absolute Gasteiger partial charge is 0.159 e. The average molecular weight is 263 g/mol. The molecule has 2 unspecified atom stereocenters. The highest BCUT2D eigenvalue weighted by atomic mass is 16.1. The summed E-state index contributed by atoms with van der Waals surface area (Å²) < 4.78 is 1.76. The lowest BCUT2D eigenvalue weighted by atomic mass is 9.72. The Morgan fingerprint density at radius 1 is 1.58 bits per heavy atom. The Bertz CT molecular complexity index is 452. The van der Waals surface area contributed by atoms with Gasteiger partial charge >= 0.3 is 0 Å².